The van der Waals surface area contributed by atoms with Crippen molar-refractivity contribution in [2.45, 2.75) is 26.2 Å². The molecule has 8 nitrogen and oxygen atoms in total. The molecule has 180 valence electrons. The number of allylic oxidation sites excluding steroid dienone is 2. The summed E-state index contributed by atoms with van der Waals surface area (Å²) in [5, 5.41) is 0. The summed E-state index contributed by atoms with van der Waals surface area (Å²) in [6.45, 7) is 1.99. The number of nitrogens with zero attached hydrogens (tertiary/aromatic N) is 2. The summed E-state index contributed by atoms with van der Waals surface area (Å²) in [6, 6.07) is 12.0. The quantitative estimate of drug-likeness (QED) is 0.285. The van der Waals surface area contributed by atoms with E-state index in [1.165, 1.54) is 4.90 Å². The summed E-state index contributed by atoms with van der Waals surface area (Å²) in [5.74, 6) is -1.31. The zero-order valence-corrected chi connectivity index (χ0v) is 19.6. The first-order valence-electron chi connectivity index (χ1n) is 11.7. The van der Waals surface area contributed by atoms with E-state index in [9.17, 15) is 19.2 Å². The van der Waals surface area contributed by atoms with Crippen molar-refractivity contribution >= 4 is 35.1 Å². The fraction of sp³-hybridized carbons (Fsp3) is 0.333. The molecule has 0 spiro atoms. The van der Waals surface area contributed by atoms with Crippen LogP contribution in [-0.2, 0) is 19.2 Å². The van der Waals surface area contributed by atoms with Gasteiger partial charge in [0.2, 0.25) is 17.7 Å². The van der Waals surface area contributed by atoms with Crippen molar-refractivity contribution in [3.63, 3.8) is 0 Å². The Kier molecular flexibility index (Phi) is 5.88. The molecule has 0 N–H and O–H groups in total. The molecular formula is C27H26N2O6. The van der Waals surface area contributed by atoms with Crippen LogP contribution in [0.1, 0.15) is 24.8 Å². The van der Waals surface area contributed by atoms with Crippen LogP contribution < -0.4 is 19.3 Å². The van der Waals surface area contributed by atoms with Gasteiger partial charge in [0.05, 0.1) is 30.6 Å². The molecule has 0 aromatic heterocycles. The third-order valence-electron chi connectivity index (χ3n) is 6.96. The molecule has 35 heavy (non-hydrogen) atoms. The number of carbonyl (C=O) groups is 4. The van der Waals surface area contributed by atoms with Crippen LogP contribution in [-0.4, -0.2) is 37.3 Å². The molecule has 1 aliphatic carbocycles. The van der Waals surface area contributed by atoms with E-state index < -0.39 is 11.9 Å². The van der Waals surface area contributed by atoms with Crippen LogP contribution in [0.4, 0.5) is 11.4 Å². The number of carbonyl (C=O) groups excluding carboxylic acids is 4. The van der Waals surface area contributed by atoms with Gasteiger partial charge in [-0.05, 0) is 55.7 Å². The number of esters is 1. The molecule has 8 heteroatoms. The Labute approximate surface area is 203 Å². The first kappa shape index (κ1) is 22.8. The number of imide groups is 1. The third-order valence-corrected chi connectivity index (χ3v) is 6.96. The highest BCUT2D eigenvalue weighted by molar-refractivity contribution is 6.22. The number of ether oxygens (including phenoxy) is 2. The van der Waals surface area contributed by atoms with E-state index in [2.05, 4.69) is 0 Å². The molecule has 0 unspecified atom stereocenters. The van der Waals surface area contributed by atoms with E-state index in [-0.39, 0.29) is 42.5 Å². The second-order valence-electron chi connectivity index (χ2n) is 9.14. The number of amides is 3. The van der Waals surface area contributed by atoms with Gasteiger partial charge in [-0.2, -0.15) is 0 Å². The smallest absolute Gasteiger partial charge is 0.316 e. The molecule has 0 radical (unpaired) electrons. The Bertz CT molecular complexity index is 1230. The second-order valence-corrected chi connectivity index (χ2v) is 9.14. The molecule has 2 heterocycles. The Morgan fingerprint density at radius 3 is 2.31 bits per heavy atom. The van der Waals surface area contributed by atoms with Gasteiger partial charge in [0.25, 0.3) is 0 Å². The van der Waals surface area contributed by atoms with E-state index in [0.717, 1.165) is 0 Å². The number of hydrogen-bond donors (Lipinski definition) is 0. The molecule has 2 aromatic carbocycles. The number of methoxy groups -OCH3 is 1. The summed E-state index contributed by atoms with van der Waals surface area (Å²) in [5.41, 5.74) is 1.83. The molecule has 3 atom stereocenters. The predicted molar refractivity (Wildman–Crippen MR) is 128 cm³/mol. The van der Waals surface area contributed by atoms with E-state index in [0.29, 0.717) is 41.3 Å². The maximum Gasteiger partial charge on any atom is 0.316 e. The number of anilines is 2. The highest BCUT2D eigenvalue weighted by Gasteiger charge is 2.48. The SMILES string of the molecule is COc1cccc(N2C[C@@H](C(=O)Oc3ccc(N4C(=O)[C@H]5CC=CC[C@H]5C4=O)c(C)c3)CC2=O)c1. The average Bonchev–Trinajstić information content (AvgIpc) is 3.37. The fourth-order valence-corrected chi connectivity index (χ4v) is 5.07. The Hall–Kier alpha value is -3.94. The first-order valence-corrected chi connectivity index (χ1v) is 11.7. The summed E-state index contributed by atoms with van der Waals surface area (Å²) in [6.07, 6.45) is 5.12. The fourth-order valence-electron chi connectivity index (χ4n) is 5.07. The minimum Gasteiger partial charge on any atom is -0.497 e. The van der Waals surface area contributed by atoms with Crippen molar-refractivity contribution in [3.05, 3.63) is 60.2 Å². The number of hydrogen-bond acceptors (Lipinski definition) is 6. The van der Waals surface area contributed by atoms with Gasteiger partial charge in [-0.25, -0.2) is 4.90 Å². The zero-order valence-electron chi connectivity index (χ0n) is 19.6. The maximum atomic E-state index is 12.9. The van der Waals surface area contributed by atoms with Gasteiger partial charge in [-0.3, -0.25) is 19.2 Å². The lowest BCUT2D eigenvalue weighted by Crippen LogP contribution is -2.31. The molecular weight excluding hydrogens is 448 g/mol. The number of benzene rings is 2. The van der Waals surface area contributed by atoms with Crippen molar-refractivity contribution < 1.29 is 28.7 Å². The molecule has 2 saturated heterocycles. The normalized spacial score (nSPS) is 23.6. The van der Waals surface area contributed by atoms with Crippen LogP contribution in [0, 0.1) is 24.7 Å². The lowest BCUT2D eigenvalue weighted by atomic mass is 9.85. The number of fused-ring (bicyclic) bond motifs is 1. The molecule has 3 amide bonds. The molecule has 5 rings (SSSR count). The highest BCUT2D eigenvalue weighted by Crippen LogP contribution is 2.39. The summed E-state index contributed by atoms with van der Waals surface area (Å²) >= 11 is 0. The molecule has 2 aromatic rings. The number of rotatable bonds is 5. The zero-order chi connectivity index (χ0) is 24.7. The summed E-state index contributed by atoms with van der Waals surface area (Å²) < 4.78 is 10.8. The monoisotopic (exact) mass is 474 g/mol. The van der Waals surface area contributed by atoms with E-state index >= 15 is 0 Å². The van der Waals surface area contributed by atoms with Crippen LogP contribution in [0.2, 0.25) is 0 Å². The Balaban J connectivity index is 1.28. The van der Waals surface area contributed by atoms with Crippen molar-refractivity contribution in [2.75, 3.05) is 23.5 Å². The van der Waals surface area contributed by atoms with Gasteiger partial charge in [-0.1, -0.05) is 18.2 Å². The first-order chi connectivity index (χ1) is 16.9. The van der Waals surface area contributed by atoms with Crippen molar-refractivity contribution in [1.29, 1.82) is 0 Å². The standard InChI is InChI=1S/C27H26N2O6/c1-16-12-20(10-11-23(16)29-25(31)21-8-3-4-9-22(21)26(29)32)35-27(33)17-13-24(30)28(15-17)18-6-5-7-19(14-18)34-2/h3-7,10-12,14,17,21-22H,8-9,13,15H2,1-2H3/t17-,21-,22+/m0/s1. The van der Waals surface area contributed by atoms with Crippen LogP contribution in [0.15, 0.2) is 54.6 Å². The van der Waals surface area contributed by atoms with E-state index in [4.69, 9.17) is 9.47 Å². The summed E-state index contributed by atoms with van der Waals surface area (Å²) in [7, 11) is 1.55. The van der Waals surface area contributed by atoms with Gasteiger partial charge in [0.1, 0.15) is 11.5 Å². The average molecular weight is 475 g/mol. The predicted octanol–water partition coefficient (Wildman–Crippen LogP) is 3.42. The van der Waals surface area contributed by atoms with Crippen molar-refractivity contribution in [3.8, 4) is 11.5 Å². The van der Waals surface area contributed by atoms with Crippen molar-refractivity contribution in [1.82, 2.24) is 0 Å². The Morgan fingerprint density at radius 1 is 0.943 bits per heavy atom. The molecule has 3 aliphatic rings. The van der Waals surface area contributed by atoms with E-state index in [1.807, 2.05) is 12.2 Å². The second kappa shape index (κ2) is 9.02. The minimum atomic E-state index is -0.606. The minimum absolute atomic E-state index is 0.0563. The lowest BCUT2D eigenvalue weighted by molar-refractivity contribution is -0.139. The Morgan fingerprint density at radius 2 is 1.66 bits per heavy atom. The molecule has 0 bridgehead atoms. The van der Waals surface area contributed by atoms with Gasteiger partial charge >= 0.3 is 5.97 Å². The third kappa shape index (κ3) is 4.09. The highest BCUT2D eigenvalue weighted by atomic mass is 16.5. The van der Waals surface area contributed by atoms with Crippen LogP contribution >= 0.6 is 0 Å². The molecule has 0 saturated carbocycles. The topological polar surface area (TPSA) is 93.2 Å². The lowest BCUT2D eigenvalue weighted by Gasteiger charge is -2.19. The van der Waals surface area contributed by atoms with Gasteiger partial charge in [0.15, 0.2) is 0 Å². The van der Waals surface area contributed by atoms with Crippen molar-refractivity contribution in [2.24, 2.45) is 17.8 Å². The van der Waals surface area contributed by atoms with Gasteiger partial charge in [-0.15, -0.1) is 0 Å². The number of aryl methyl sites for hydroxylation is 1. The summed E-state index contributed by atoms with van der Waals surface area (Å²) in [4.78, 5) is 54.0. The molecule has 2 fully saturated rings. The van der Waals surface area contributed by atoms with Crippen LogP contribution in [0.3, 0.4) is 0 Å². The van der Waals surface area contributed by atoms with Crippen LogP contribution in [0.5, 0.6) is 11.5 Å². The largest absolute Gasteiger partial charge is 0.497 e. The van der Waals surface area contributed by atoms with Gasteiger partial charge < -0.3 is 14.4 Å². The van der Waals surface area contributed by atoms with Gasteiger partial charge in [0, 0.05) is 24.7 Å². The molecule has 2 aliphatic heterocycles. The van der Waals surface area contributed by atoms with Crippen LogP contribution in [0.25, 0.3) is 0 Å². The van der Waals surface area contributed by atoms with E-state index in [1.54, 1.807) is 61.4 Å². The maximum absolute atomic E-state index is 12.9.